The van der Waals surface area contributed by atoms with Crippen molar-refractivity contribution in [3.8, 4) is 0 Å². The second-order valence-corrected chi connectivity index (χ2v) is 5.47. The number of carbonyl (C=O) groups excluding carboxylic acids is 2. The molecule has 4 nitrogen and oxygen atoms in total. The van der Waals surface area contributed by atoms with Crippen LogP contribution in [0.4, 0.5) is 5.69 Å². The lowest BCUT2D eigenvalue weighted by Crippen LogP contribution is -2.01. The van der Waals surface area contributed by atoms with Gasteiger partial charge in [-0.2, -0.15) is 0 Å². The van der Waals surface area contributed by atoms with E-state index in [-0.39, 0.29) is 11.8 Å². The fraction of sp³-hybridized carbons (Fsp3) is 0.0476. The van der Waals surface area contributed by atoms with Crippen LogP contribution in [0.25, 0.3) is 10.8 Å². The summed E-state index contributed by atoms with van der Waals surface area (Å²) in [7, 11) is 1.34. The average molecular weight is 331 g/mol. The summed E-state index contributed by atoms with van der Waals surface area (Å²) < 4.78 is 4.65. The molecule has 0 aliphatic heterocycles. The van der Waals surface area contributed by atoms with Crippen LogP contribution in [0.15, 0.2) is 79.0 Å². The van der Waals surface area contributed by atoms with E-state index in [1.807, 2.05) is 42.5 Å². The zero-order chi connectivity index (χ0) is 17.6. The Bertz CT molecular complexity index is 943. The number of fused-ring (bicyclic) bond motifs is 1. The number of esters is 1. The van der Waals surface area contributed by atoms with E-state index >= 15 is 0 Å². The smallest absolute Gasteiger partial charge is 0.337 e. The fourth-order valence-corrected chi connectivity index (χ4v) is 2.47. The van der Waals surface area contributed by atoms with Gasteiger partial charge in [-0.1, -0.05) is 36.4 Å². The van der Waals surface area contributed by atoms with Crippen LogP contribution in [0.5, 0.6) is 0 Å². The molecule has 3 rings (SSSR count). The van der Waals surface area contributed by atoms with Gasteiger partial charge in [-0.05, 0) is 41.1 Å². The normalized spacial score (nSPS) is 10.8. The Morgan fingerprint density at radius 2 is 1.56 bits per heavy atom. The van der Waals surface area contributed by atoms with E-state index in [1.165, 1.54) is 13.2 Å². The Hall–Kier alpha value is -3.40. The van der Waals surface area contributed by atoms with Crippen molar-refractivity contribution in [3.63, 3.8) is 0 Å². The highest BCUT2D eigenvalue weighted by atomic mass is 16.5. The van der Waals surface area contributed by atoms with Crippen LogP contribution in [0, 0.1) is 0 Å². The van der Waals surface area contributed by atoms with E-state index in [0.717, 1.165) is 16.5 Å². The Labute approximate surface area is 145 Å². The monoisotopic (exact) mass is 331 g/mol. The first-order valence-corrected chi connectivity index (χ1v) is 7.82. The molecule has 3 aromatic carbocycles. The quantitative estimate of drug-likeness (QED) is 0.427. The molecule has 0 unspecified atom stereocenters. The first kappa shape index (κ1) is 16.5. The maximum Gasteiger partial charge on any atom is 0.337 e. The van der Waals surface area contributed by atoms with Gasteiger partial charge in [0, 0.05) is 23.5 Å². The third kappa shape index (κ3) is 3.93. The summed E-state index contributed by atoms with van der Waals surface area (Å²) in [5.74, 6) is -0.460. The van der Waals surface area contributed by atoms with E-state index in [4.69, 9.17) is 0 Å². The number of hydrogen-bond acceptors (Lipinski definition) is 4. The van der Waals surface area contributed by atoms with Gasteiger partial charge in [0.1, 0.15) is 0 Å². The Morgan fingerprint density at radius 1 is 0.880 bits per heavy atom. The molecule has 25 heavy (non-hydrogen) atoms. The highest BCUT2D eigenvalue weighted by molar-refractivity contribution is 6.06. The van der Waals surface area contributed by atoms with Crippen molar-refractivity contribution in [1.29, 1.82) is 0 Å². The van der Waals surface area contributed by atoms with Crippen molar-refractivity contribution in [3.05, 3.63) is 90.1 Å². The molecule has 1 N–H and O–H groups in total. The zero-order valence-corrected chi connectivity index (χ0v) is 13.7. The van der Waals surface area contributed by atoms with Gasteiger partial charge < -0.3 is 10.1 Å². The lowest BCUT2D eigenvalue weighted by Gasteiger charge is -2.03. The van der Waals surface area contributed by atoms with Crippen LogP contribution >= 0.6 is 0 Å². The molecule has 0 saturated carbocycles. The van der Waals surface area contributed by atoms with Crippen LogP contribution in [-0.2, 0) is 4.74 Å². The minimum atomic E-state index is -0.381. The van der Waals surface area contributed by atoms with Gasteiger partial charge in [0.05, 0.1) is 12.7 Å². The molecule has 0 atom stereocenters. The minimum Gasteiger partial charge on any atom is -0.465 e. The number of anilines is 1. The number of methoxy groups -OCH3 is 1. The van der Waals surface area contributed by atoms with Gasteiger partial charge in [-0.3, -0.25) is 4.79 Å². The van der Waals surface area contributed by atoms with Crippen molar-refractivity contribution in [2.24, 2.45) is 0 Å². The summed E-state index contributed by atoms with van der Waals surface area (Å²) in [6, 6.07) is 20.4. The molecule has 3 aromatic rings. The molecular weight excluding hydrogens is 314 g/mol. The topological polar surface area (TPSA) is 55.4 Å². The van der Waals surface area contributed by atoms with E-state index in [0.29, 0.717) is 11.1 Å². The molecule has 0 amide bonds. The lowest BCUT2D eigenvalue weighted by molar-refractivity contribution is 0.0600. The fourth-order valence-electron chi connectivity index (χ4n) is 2.47. The first-order valence-electron chi connectivity index (χ1n) is 7.82. The molecule has 0 radical (unpaired) electrons. The molecule has 0 aromatic heterocycles. The van der Waals surface area contributed by atoms with Crippen molar-refractivity contribution in [2.45, 2.75) is 0 Å². The highest BCUT2D eigenvalue weighted by Crippen LogP contribution is 2.16. The van der Waals surface area contributed by atoms with Crippen molar-refractivity contribution < 1.29 is 14.3 Å². The summed E-state index contributed by atoms with van der Waals surface area (Å²) >= 11 is 0. The van der Waals surface area contributed by atoms with Gasteiger partial charge in [-0.15, -0.1) is 0 Å². The van der Waals surface area contributed by atoms with E-state index < -0.39 is 0 Å². The van der Waals surface area contributed by atoms with Gasteiger partial charge in [0.2, 0.25) is 0 Å². The van der Waals surface area contributed by atoms with Gasteiger partial charge in [-0.25, -0.2) is 4.79 Å². The van der Waals surface area contributed by atoms with Gasteiger partial charge in [0.15, 0.2) is 5.78 Å². The number of carbonyl (C=O) groups is 2. The largest absolute Gasteiger partial charge is 0.465 e. The summed E-state index contributed by atoms with van der Waals surface area (Å²) in [5.41, 5.74) is 1.89. The van der Waals surface area contributed by atoms with E-state index in [9.17, 15) is 9.59 Å². The van der Waals surface area contributed by atoms with Crippen molar-refractivity contribution in [2.75, 3.05) is 12.4 Å². The average Bonchev–Trinajstić information content (AvgIpc) is 2.67. The summed E-state index contributed by atoms with van der Waals surface area (Å²) in [6.07, 6.45) is 3.07. The van der Waals surface area contributed by atoms with E-state index in [1.54, 1.807) is 30.5 Å². The predicted octanol–water partition coefficient (Wildman–Crippen LogP) is 4.43. The van der Waals surface area contributed by atoms with Crippen LogP contribution in [-0.4, -0.2) is 18.9 Å². The minimum absolute atomic E-state index is 0.0792. The van der Waals surface area contributed by atoms with Gasteiger partial charge in [0.25, 0.3) is 0 Å². The van der Waals surface area contributed by atoms with Crippen LogP contribution in [0.3, 0.4) is 0 Å². The number of nitrogens with one attached hydrogen (secondary N) is 1. The van der Waals surface area contributed by atoms with Crippen molar-refractivity contribution in [1.82, 2.24) is 0 Å². The molecule has 0 bridgehead atoms. The second-order valence-electron chi connectivity index (χ2n) is 5.47. The molecule has 4 heteroatoms. The number of ether oxygens (including phenoxy) is 1. The third-order valence-corrected chi connectivity index (χ3v) is 3.82. The highest BCUT2D eigenvalue weighted by Gasteiger charge is 2.04. The van der Waals surface area contributed by atoms with Gasteiger partial charge >= 0.3 is 5.97 Å². The molecule has 0 heterocycles. The zero-order valence-electron chi connectivity index (χ0n) is 13.7. The van der Waals surface area contributed by atoms with Crippen LogP contribution in [0.2, 0.25) is 0 Å². The number of benzene rings is 3. The maximum absolute atomic E-state index is 12.3. The first-order chi connectivity index (χ1) is 12.2. The standard InChI is InChI=1S/C21H17NO3/c1-25-21(24)16-8-10-19(11-9-16)22-13-12-20(23)18-7-6-15-4-2-3-5-17(15)14-18/h2-14,22H,1H3/b13-12-. The summed E-state index contributed by atoms with van der Waals surface area (Å²) in [6.45, 7) is 0. The molecule has 0 fully saturated rings. The lowest BCUT2D eigenvalue weighted by atomic mass is 10.0. The Balaban J connectivity index is 1.66. The molecule has 0 aliphatic rings. The Morgan fingerprint density at radius 3 is 2.28 bits per heavy atom. The molecule has 124 valence electrons. The third-order valence-electron chi connectivity index (χ3n) is 3.82. The maximum atomic E-state index is 12.3. The molecular formula is C21H17NO3. The molecule has 0 saturated heterocycles. The van der Waals surface area contributed by atoms with Crippen molar-refractivity contribution >= 4 is 28.2 Å². The number of rotatable bonds is 5. The predicted molar refractivity (Wildman–Crippen MR) is 98.8 cm³/mol. The SMILES string of the molecule is COC(=O)c1ccc(N/C=C\C(=O)c2ccc3ccccc3c2)cc1. The Kier molecular flexibility index (Phi) is 4.90. The number of hydrogen-bond donors (Lipinski definition) is 1. The molecule has 0 spiro atoms. The van der Waals surface area contributed by atoms with Crippen LogP contribution < -0.4 is 5.32 Å². The molecule has 0 aliphatic carbocycles. The summed E-state index contributed by atoms with van der Waals surface area (Å²) in [4.78, 5) is 23.6. The number of ketones is 1. The summed E-state index contributed by atoms with van der Waals surface area (Å²) in [5, 5.41) is 5.15. The van der Waals surface area contributed by atoms with Crippen LogP contribution in [0.1, 0.15) is 20.7 Å². The van der Waals surface area contributed by atoms with E-state index in [2.05, 4.69) is 10.1 Å². The number of allylic oxidation sites excluding steroid dienone is 1. The second kappa shape index (κ2) is 7.45.